The summed E-state index contributed by atoms with van der Waals surface area (Å²) in [6.45, 7) is 3.70. The molecule has 1 atom stereocenters. The van der Waals surface area contributed by atoms with E-state index in [1.165, 1.54) is 5.56 Å². The van der Waals surface area contributed by atoms with Crippen LogP contribution < -0.4 is 5.32 Å². The summed E-state index contributed by atoms with van der Waals surface area (Å²) < 4.78 is 2.12. The predicted octanol–water partition coefficient (Wildman–Crippen LogP) is 2.72. The summed E-state index contributed by atoms with van der Waals surface area (Å²) in [7, 11) is 0. The lowest BCUT2D eigenvalue weighted by Gasteiger charge is -2.12. The van der Waals surface area contributed by atoms with E-state index in [-0.39, 0.29) is 5.92 Å². The van der Waals surface area contributed by atoms with E-state index in [1.807, 2.05) is 18.3 Å². The standard InChI is InChI=1S/C15H17N3O/c1-11-4-6-13(7-5-11)16-9-12-10-18-8-2-3-14(18)15(12)17-19/h2-8,12,16,19H,9-10H2,1H3. The maximum Gasteiger partial charge on any atom is 0.110 e. The molecular formula is C15H17N3O. The van der Waals surface area contributed by atoms with Gasteiger partial charge in [-0.1, -0.05) is 22.9 Å². The van der Waals surface area contributed by atoms with Crippen LogP contribution in [0.25, 0.3) is 0 Å². The molecule has 1 aliphatic heterocycles. The van der Waals surface area contributed by atoms with Crippen LogP contribution in [-0.4, -0.2) is 22.0 Å². The number of benzene rings is 1. The Labute approximate surface area is 112 Å². The van der Waals surface area contributed by atoms with Crippen molar-refractivity contribution in [3.63, 3.8) is 0 Å². The van der Waals surface area contributed by atoms with Crippen molar-refractivity contribution >= 4 is 11.4 Å². The number of rotatable bonds is 3. The molecule has 0 saturated heterocycles. The fourth-order valence-corrected chi connectivity index (χ4v) is 2.55. The van der Waals surface area contributed by atoms with Gasteiger partial charge in [0.2, 0.25) is 0 Å². The highest BCUT2D eigenvalue weighted by molar-refractivity contribution is 6.02. The molecule has 0 amide bonds. The van der Waals surface area contributed by atoms with Gasteiger partial charge in [-0.2, -0.15) is 0 Å². The third-order valence-corrected chi connectivity index (χ3v) is 3.61. The fraction of sp³-hybridized carbons (Fsp3) is 0.267. The Kier molecular flexibility index (Phi) is 2.99. The first-order valence-electron chi connectivity index (χ1n) is 6.46. The minimum atomic E-state index is 0.211. The van der Waals surface area contributed by atoms with Crippen LogP contribution in [-0.2, 0) is 6.54 Å². The monoisotopic (exact) mass is 255 g/mol. The van der Waals surface area contributed by atoms with E-state index in [9.17, 15) is 5.21 Å². The number of nitrogens with one attached hydrogen (secondary N) is 1. The molecule has 1 aromatic heterocycles. The minimum absolute atomic E-state index is 0.211. The van der Waals surface area contributed by atoms with Crippen molar-refractivity contribution in [1.29, 1.82) is 0 Å². The zero-order chi connectivity index (χ0) is 13.2. The third-order valence-electron chi connectivity index (χ3n) is 3.61. The first-order chi connectivity index (χ1) is 9.28. The zero-order valence-electron chi connectivity index (χ0n) is 10.9. The molecule has 0 aliphatic carbocycles. The van der Waals surface area contributed by atoms with Gasteiger partial charge >= 0.3 is 0 Å². The van der Waals surface area contributed by atoms with Gasteiger partial charge in [0.1, 0.15) is 5.71 Å². The lowest BCUT2D eigenvalue weighted by Crippen LogP contribution is -2.21. The molecule has 2 N–H and O–H groups in total. The first-order valence-corrected chi connectivity index (χ1v) is 6.46. The van der Waals surface area contributed by atoms with Crippen LogP contribution >= 0.6 is 0 Å². The Bertz CT molecular complexity index is 598. The number of fused-ring (bicyclic) bond motifs is 1. The van der Waals surface area contributed by atoms with Gasteiger partial charge in [0.15, 0.2) is 0 Å². The second-order valence-corrected chi connectivity index (χ2v) is 4.97. The van der Waals surface area contributed by atoms with Crippen LogP contribution in [0.1, 0.15) is 11.3 Å². The van der Waals surface area contributed by atoms with Crippen molar-refractivity contribution in [3.05, 3.63) is 53.9 Å². The Hall–Kier alpha value is -2.23. The molecule has 0 bridgehead atoms. The summed E-state index contributed by atoms with van der Waals surface area (Å²) >= 11 is 0. The van der Waals surface area contributed by atoms with Crippen molar-refractivity contribution < 1.29 is 5.21 Å². The topological polar surface area (TPSA) is 49.5 Å². The largest absolute Gasteiger partial charge is 0.411 e. The van der Waals surface area contributed by atoms with Crippen LogP contribution in [0.2, 0.25) is 0 Å². The van der Waals surface area contributed by atoms with Crippen LogP contribution in [0.4, 0.5) is 5.69 Å². The molecule has 4 heteroatoms. The third kappa shape index (κ3) is 2.21. The molecule has 2 heterocycles. The molecule has 19 heavy (non-hydrogen) atoms. The van der Waals surface area contributed by atoms with E-state index in [2.05, 4.69) is 46.2 Å². The number of hydrogen-bond donors (Lipinski definition) is 2. The predicted molar refractivity (Wildman–Crippen MR) is 75.9 cm³/mol. The Morgan fingerprint density at radius 3 is 2.84 bits per heavy atom. The molecule has 0 spiro atoms. The Morgan fingerprint density at radius 1 is 1.32 bits per heavy atom. The highest BCUT2D eigenvalue weighted by Gasteiger charge is 2.28. The molecule has 98 valence electrons. The highest BCUT2D eigenvalue weighted by atomic mass is 16.4. The molecule has 1 aliphatic rings. The van der Waals surface area contributed by atoms with Crippen LogP contribution in [0, 0.1) is 12.8 Å². The summed E-state index contributed by atoms with van der Waals surface area (Å²) in [5, 5.41) is 16.0. The van der Waals surface area contributed by atoms with Gasteiger partial charge in [-0.15, -0.1) is 0 Å². The van der Waals surface area contributed by atoms with Gasteiger partial charge in [-0.25, -0.2) is 0 Å². The van der Waals surface area contributed by atoms with E-state index < -0.39 is 0 Å². The molecule has 1 aromatic carbocycles. The maximum absolute atomic E-state index is 9.18. The summed E-state index contributed by atoms with van der Waals surface area (Å²) in [5.41, 5.74) is 4.13. The Balaban J connectivity index is 1.68. The number of oxime groups is 1. The molecule has 0 fully saturated rings. The average Bonchev–Trinajstić information content (AvgIpc) is 2.98. The fourth-order valence-electron chi connectivity index (χ4n) is 2.55. The molecule has 1 unspecified atom stereocenters. The lowest BCUT2D eigenvalue weighted by molar-refractivity contribution is 0.316. The van der Waals surface area contributed by atoms with E-state index in [1.54, 1.807) is 0 Å². The van der Waals surface area contributed by atoms with Crippen LogP contribution in [0.3, 0.4) is 0 Å². The molecular weight excluding hydrogens is 238 g/mol. The highest BCUT2D eigenvalue weighted by Crippen LogP contribution is 2.22. The summed E-state index contributed by atoms with van der Waals surface area (Å²) in [5.74, 6) is 0.211. The maximum atomic E-state index is 9.18. The lowest BCUT2D eigenvalue weighted by atomic mass is 10.0. The van der Waals surface area contributed by atoms with Gasteiger partial charge in [-0.3, -0.25) is 0 Å². The molecule has 0 saturated carbocycles. The Morgan fingerprint density at radius 2 is 2.11 bits per heavy atom. The summed E-state index contributed by atoms with van der Waals surface area (Å²) in [4.78, 5) is 0. The summed E-state index contributed by atoms with van der Waals surface area (Å²) in [6.07, 6.45) is 2.02. The number of anilines is 1. The van der Waals surface area contributed by atoms with Gasteiger partial charge < -0.3 is 15.1 Å². The molecule has 0 radical (unpaired) electrons. The van der Waals surface area contributed by atoms with Gasteiger partial charge in [0, 0.05) is 30.9 Å². The normalized spacial score (nSPS) is 19.6. The van der Waals surface area contributed by atoms with Crippen molar-refractivity contribution in [2.24, 2.45) is 11.1 Å². The van der Waals surface area contributed by atoms with E-state index >= 15 is 0 Å². The minimum Gasteiger partial charge on any atom is -0.411 e. The molecule has 3 rings (SSSR count). The van der Waals surface area contributed by atoms with E-state index in [0.717, 1.165) is 30.2 Å². The second-order valence-electron chi connectivity index (χ2n) is 4.97. The van der Waals surface area contributed by atoms with Crippen LogP contribution in [0.15, 0.2) is 47.8 Å². The number of nitrogens with zero attached hydrogens (tertiary/aromatic N) is 2. The van der Waals surface area contributed by atoms with E-state index in [4.69, 9.17) is 0 Å². The van der Waals surface area contributed by atoms with Gasteiger partial charge in [0.05, 0.1) is 5.69 Å². The van der Waals surface area contributed by atoms with Crippen molar-refractivity contribution in [1.82, 2.24) is 4.57 Å². The molecule has 2 aromatic rings. The average molecular weight is 255 g/mol. The van der Waals surface area contributed by atoms with Gasteiger partial charge in [-0.05, 0) is 31.2 Å². The van der Waals surface area contributed by atoms with Crippen LogP contribution in [0.5, 0.6) is 0 Å². The molecule has 4 nitrogen and oxygen atoms in total. The number of aryl methyl sites for hydroxylation is 1. The number of hydrogen-bond acceptors (Lipinski definition) is 3. The first kappa shape index (κ1) is 11.8. The van der Waals surface area contributed by atoms with E-state index in [0.29, 0.717) is 0 Å². The van der Waals surface area contributed by atoms with Gasteiger partial charge in [0.25, 0.3) is 0 Å². The smallest absolute Gasteiger partial charge is 0.110 e. The SMILES string of the molecule is Cc1ccc(NCC2Cn3cccc3C2=NO)cc1. The number of aromatic nitrogens is 1. The quantitative estimate of drug-likeness (QED) is 0.654. The van der Waals surface area contributed by atoms with Crippen molar-refractivity contribution in [3.8, 4) is 0 Å². The van der Waals surface area contributed by atoms with Crippen molar-refractivity contribution in [2.45, 2.75) is 13.5 Å². The zero-order valence-corrected chi connectivity index (χ0v) is 10.9. The van der Waals surface area contributed by atoms with Crippen molar-refractivity contribution in [2.75, 3.05) is 11.9 Å². The second kappa shape index (κ2) is 4.80. The summed E-state index contributed by atoms with van der Waals surface area (Å²) in [6, 6.07) is 12.3.